The van der Waals surface area contributed by atoms with Crippen LogP contribution >= 0.6 is 0 Å². The van der Waals surface area contributed by atoms with Gasteiger partial charge in [-0.3, -0.25) is 0 Å². The highest BCUT2D eigenvalue weighted by Crippen LogP contribution is 2.33. The molecule has 0 radical (unpaired) electrons. The van der Waals surface area contributed by atoms with Gasteiger partial charge >= 0.3 is 0 Å². The van der Waals surface area contributed by atoms with E-state index in [1.807, 2.05) is 0 Å². The Labute approximate surface area is 284 Å². The minimum atomic E-state index is 0.901. The van der Waals surface area contributed by atoms with Gasteiger partial charge in [-0.05, 0) is 80.9 Å². The Hall–Kier alpha value is -6.26. The van der Waals surface area contributed by atoms with Gasteiger partial charge in [-0.2, -0.15) is 0 Å². The number of rotatable bonds is 4. The van der Waals surface area contributed by atoms with Crippen molar-refractivity contribution in [2.45, 2.75) is 20.8 Å². The molecule has 0 aliphatic rings. The molecule has 0 aliphatic heterocycles. The second-order valence-electron chi connectivity index (χ2n) is 13.0. The summed E-state index contributed by atoms with van der Waals surface area (Å²) in [6.07, 6.45) is 0. The van der Waals surface area contributed by atoms with Crippen LogP contribution in [0.15, 0.2) is 140 Å². The fraction of sp³-hybridized carbons (Fsp3) is 0.0667. The molecule has 9 aromatic rings. The van der Waals surface area contributed by atoms with Gasteiger partial charge in [-0.1, -0.05) is 96.1 Å². The Balaban J connectivity index is 1.16. The molecular formula is C45H32N4. The maximum atomic E-state index is 5.24. The molecule has 0 saturated carbocycles. The number of hydrogen-bond acceptors (Lipinski definition) is 4. The fourth-order valence-corrected chi connectivity index (χ4v) is 6.87. The highest BCUT2D eigenvalue weighted by Gasteiger charge is 2.13. The fourth-order valence-electron chi connectivity index (χ4n) is 6.87. The summed E-state index contributed by atoms with van der Waals surface area (Å²) in [6.45, 7) is 6.35. The first-order valence-electron chi connectivity index (χ1n) is 16.6. The highest BCUT2D eigenvalue weighted by molar-refractivity contribution is 6.05. The minimum Gasteiger partial charge on any atom is -0.245 e. The molecule has 4 nitrogen and oxygen atoms in total. The van der Waals surface area contributed by atoms with Crippen LogP contribution in [0.5, 0.6) is 0 Å². The molecule has 0 amide bonds. The maximum absolute atomic E-state index is 5.24. The van der Waals surface area contributed by atoms with Crippen molar-refractivity contribution in [2.75, 3.05) is 0 Å². The first-order valence-corrected chi connectivity index (χ1v) is 16.6. The second kappa shape index (κ2) is 11.5. The molecular weight excluding hydrogens is 597 g/mol. The third-order valence-electron chi connectivity index (χ3n) is 9.34. The van der Waals surface area contributed by atoms with Gasteiger partial charge in [-0.15, -0.1) is 0 Å². The maximum Gasteiger partial charge on any atom is 0.0972 e. The van der Waals surface area contributed by atoms with E-state index in [1.54, 1.807) is 0 Å². The molecule has 0 aliphatic carbocycles. The normalized spacial score (nSPS) is 11.6. The van der Waals surface area contributed by atoms with Crippen LogP contribution in [0.25, 0.3) is 88.6 Å². The van der Waals surface area contributed by atoms with Gasteiger partial charge in [0.15, 0.2) is 0 Å². The van der Waals surface area contributed by atoms with Gasteiger partial charge < -0.3 is 0 Å². The van der Waals surface area contributed by atoms with Crippen molar-refractivity contribution >= 4 is 43.6 Å². The summed E-state index contributed by atoms with van der Waals surface area (Å²) in [4.78, 5) is 20.8. The van der Waals surface area contributed by atoms with E-state index in [0.717, 1.165) is 94.2 Å². The van der Waals surface area contributed by atoms with Crippen molar-refractivity contribution in [3.63, 3.8) is 0 Å². The van der Waals surface area contributed by atoms with Crippen LogP contribution in [0.2, 0.25) is 0 Å². The van der Waals surface area contributed by atoms with Crippen LogP contribution in [-0.4, -0.2) is 19.9 Å². The standard InChI is InChI=1S/C45H32N4/c1-27-6-4-8-34(22-27)38-18-14-30-10-12-32-16-20-40(48-44(32)42(30)46-38)36-24-29(3)25-37(26-36)41-21-17-33-13-11-31-15-19-39(47-43(31)45(33)49-41)35-9-5-7-28(2)23-35/h4-26H,1-3H3. The first-order chi connectivity index (χ1) is 23.9. The number of aromatic nitrogens is 4. The minimum absolute atomic E-state index is 0.901. The van der Waals surface area contributed by atoms with Crippen LogP contribution in [0.4, 0.5) is 0 Å². The van der Waals surface area contributed by atoms with E-state index in [-0.39, 0.29) is 0 Å². The van der Waals surface area contributed by atoms with Gasteiger partial charge in [0.2, 0.25) is 0 Å². The van der Waals surface area contributed by atoms with Crippen molar-refractivity contribution in [3.05, 3.63) is 156 Å². The molecule has 49 heavy (non-hydrogen) atoms. The lowest BCUT2D eigenvalue weighted by Gasteiger charge is -2.11. The lowest BCUT2D eigenvalue weighted by Crippen LogP contribution is -1.93. The van der Waals surface area contributed by atoms with Gasteiger partial charge in [-0.25, -0.2) is 19.9 Å². The molecule has 4 aromatic heterocycles. The SMILES string of the molecule is Cc1cccc(-c2ccc3ccc4ccc(-c5cc(C)cc(-c6ccc7ccc8ccc(-c9cccc(C)c9)nc8c7n6)c5)nc4c3n2)c1. The summed E-state index contributed by atoms with van der Waals surface area (Å²) >= 11 is 0. The topological polar surface area (TPSA) is 51.6 Å². The van der Waals surface area contributed by atoms with E-state index >= 15 is 0 Å². The molecule has 0 saturated heterocycles. The zero-order chi connectivity index (χ0) is 33.1. The molecule has 0 fully saturated rings. The number of benzene rings is 5. The highest BCUT2D eigenvalue weighted by atomic mass is 14.8. The largest absolute Gasteiger partial charge is 0.245 e. The van der Waals surface area contributed by atoms with Crippen molar-refractivity contribution in [1.82, 2.24) is 19.9 Å². The Bertz CT molecular complexity index is 2580. The summed E-state index contributed by atoms with van der Waals surface area (Å²) in [5.41, 5.74) is 15.2. The van der Waals surface area contributed by atoms with Gasteiger partial charge in [0.05, 0.1) is 44.8 Å². The summed E-state index contributed by atoms with van der Waals surface area (Å²) in [5.74, 6) is 0. The number of aryl methyl sites for hydroxylation is 3. The lowest BCUT2D eigenvalue weighted by molar-refractivity contribution is 1.34. The third kappa shape index (κ3) is 5.28. The summed E-state index contributed by atoms with van der Waals surface area (Å²) in [5, 5.41) is 4.28. The van der Waals surface area contributed by atoms with E-state index in [2.05, 4.69) is 160 Å². The van der Waals surface area contributed by atoms with Crippen LogP contribution < -0.4 is 0 Å². The Morgan fingerprint density at radius 1 is 0.286 bits per heavy atom. The number of hydrogen-bond donors (Lipinski definition) is 0. The molecule has 4 heterocycles. The Morgan fingerprint density at radius 2 is 0.592 bits per heavy atom. The predicted octanol–water partition coefficient (Wildman–Crippen LogP) is 11.5. The van der Waals surface area contributed by atoms with Crippen molar-refractivity contribution in [1.29, 1.82) is 0 Å². The summed E-state index contributed by atoms with van der Waals surface area (Å²) in [7, 11) is 0. The van der Waals surface area contributed by atoms with Gasteiger partial charge in [0, 0.05) is 43.8 Å². The molecule has 0 N–H and O–H groups in total. The van der Waals surface area contributed by atoms with E-state index in [9.17, 15) is 0 Å². The molecule has 0 spiro atoms. The molecule has 232 valence electrons. The van der Waals surface area contributed by atoms with Crippen LogP contribution in [0, 0.1) is 20.8 Å². The van der Waals surface area contributed by atoms with Gasteiger partial charge in [0.1, 0.15) is 0 Å². The monoisotopic (exact) mass is 628 g/mol. The number of fused-ring (bicyclic) bond motifs is 6. The van der Waals surface area contributed by atoms with Crippen LogP contribution in [0.3, 0.4) is 0 Å². The van der Waals surface area contributed by atoms with Gasteiger partial charge in [0.25, 0.3) is 0 Å². The molecule has 5 aromatic carbocycles. The molecule has 4 heteroatoms. The second-order valence-corrected chi connectivity index (χ2v) is 13.0. The predicted molar refractivity (Wildman–Crippen MR) is 204 cm³/mol. The van der Waals surface area contributed by atoms with Crippen molar-refractivity contribution < 1.29 is 0 Å². The number of pyridine rings is 4. The van der Waals surface area contributed by atoms with E-state index in [4.69, 9.17) is 19.9 Å². The average molecular weight is 629 g/mol. The lowest BCUT2D eigenvalue weighted by atomic mass is 10.00. The van der Waals surface area contributed by atoms with E-state index < -0.39 is 0 Å². The Morgan fingerprint density at radius 3 is 0.939 bits per heavy atom. The van der Waals surface area contributed by atoms with E-state index in [1.165, 1.54) is 11.1 Å². The van der Waals surface area contributed by atoms with Crippen molar-refractivity contribution in [2.24, 2.45) is 0 Å². The number of nitrogens with zero attached hydrogens (tertiary/aromatic N) is 4. The molecule has 0 atom stereocenters. The van der Waals surface area contributed by atoms with Crippen LogP contribution in [-0.2, 0) is 0 Å². The zero-order valence-corrected chi connectivity index (χ0v) is 27.6. The quantitative estimate of drug-likeness (QED) is 0.182. The average Bonchev–Trinajstić information content (AvgIpc) is 3.13. The summed E-state index contributed by atoms with van der Waals surface area (Å²) < 4.78 is 0. The zero-order valence-electron chi connectivity index (χ0n) is 27.6. The first kappa shape index (κ1) is 28.9. The van der Waals surface area contributed by atoms with Crippen molar-refractivity contribution in [3.8, 4) is 45.0 Å². The summed E-state index contributed by atoms with van der Waals surface area (Å²) in [6, 6.07) is 49.1. The smallest absolute Gasteiger partial charge is 0.0972 e. The third-order valence-corrected chi connectivity index (χ3v) is 9.34. The van der Waals surface area contributed by atoms with Crippen LogP contribution in [0.1, 0.15) is 16.7 Å². The van der Waals surface area contributed by atoms with E-state index in [0.29, 0.717) is 0 Å². The Kier molecular flexibility index (Phi) is 6.77. The molecule has 9 rings (SSSR count). The molecule has 0 bridgehead atoms. The molecule has 0 unspecified atom stereocenters.